The van der Waals surface area contributed by atoms with E-state index in [-0.39, 0.29) is 11.3 Å². The second-order valence-electron chi connectivity index (χ2n) is 9.39. The van der Waals surface area contributed by atoms with E-state index in [2.05, 4.69) is 73.5 Å². The summed E-state index contributed by atoms with van der Waals surface area (Å²) in [6.07, 6.45) is 8.11. The first-order valence-corrected chi connectivity index (χ1v) is 12.2. The van der Waals surface area contributed by atoms with Gasteiger partial charge in [0.1, 0.15) is 5.66 Å². The molecule has 4 rings (SSSR count). The van der Waals surface area contributed by atoms with Crippen LogP contribution >= 0.6 is 0 Å². The van der Waals surface area contributed by atoms with Gasteiger partial charge in [0, 0.05) is 24.1 Å². The zero-order valence-electron chi connectivity index (χ0n) is 20.3. The first-order valence-electron chi connectivity index (χ1n) is 12.2. The number of carbonyl (C=O) groups excluding carboxylic acids is 1. The molecule has 5 nitrogen and oxygen atoms in total. The monoisotopic (exact) mass is 448 g/mol. The highest BCUT2D eigenvalue weighted by molar-refractivity contribution is 5.84. The standard InChI is InChI=1S/C28H36N2O3/c1-5-7-10-19-33-24-14-13-21(20-25(24)32-6-2)15-17-28-27(3,4)22-11-8-9-12-23(22)30(28)18-16-26(31)29-28/h8-9,11-15,17,20H,5-7,10,16,18-19H2,1-4H3,(H,29,31)/b17-15+. The van der Waals surface area contributed by atoms with Crippen molar-refractivity contribution in [3.8, 4) is 11.5 Å². The van der Waals surface area contributed by atoms with Crippen LogP contribution in [0.5, 0.6) is 11.5 Å². The van der Waals surface area contributed by atoms with Gasteiger partial charge in [0.15, 0.2) is 11.5 Å². The van der Waals surface area contributed by atoms with Crippen LogP contribution in [0.1, 0.15) is 64.5 Å². The molecule has 0 aliphatic carbocycles. The summed E-state index contributed by atoms with van der Waals surface area (Å²) in [4.78, 5) is 14.9. The number of benzene rings is 2. The largest absolute Gasteiger partial charge is 0.490 e. The summed E-state index contributed by atoms with van der Waals surface area (Å²) >= 11 is 0. The molecule has 2 aliphatic heterocycles. The molecule has 0 saturated carbocycles. The Bertz CT molecular complexity index is 1030. The van der Waals surface area contributed by atoms with Crippen molar-refractivity contribution in [2.75, 3.05) is 24.7 Å². The van der Waals surface area contributed by atoms with Crippen molar-refractivity contribution in [3.05, 3.63) is 59.7 Å². The smallest absolute Gasteiger partial charge is 0.223 e. The first kappa shape index (κ1) is 23.2. The highest BCUT2D eigenvalue weighted by Crippen LogP contribution is 2.52. The third-order valence-corrected chi connectivity index (χ3v) is 6.93. The van der Waals surface area contributed by atoms with E-state index >= 15 is 0 Å². The highest BCUT2D eigenvalue weighted by Gasteiger charge is 2.57. The van der Waals surface area contributed by atoms with Crippen LogP contribution in [0.4, 0.5) is 5.69 Å². The summed E-state index contributed by atoms with van der Waals surface area (Å²) in [5, 5.41) is 3.33. The molecule has 1 fully saturated rings. The maximum absolute atomic E-state index is 12.6. The Morgan fingerprint density at radius 1 is 1.06 bits per heavy atom. The van der Waals surface area contributed by atoms with Gasteiger partial charge in [-0.25, -0.2) is 0 Å². The van der Waals surface area contributed by atoms with Crippen LogP contribution in [0, 0.1) is 0 Å². The molecule has 5 heteroatoms. The number of anilines is 1. The van der Waals surface area contributed by atoms with Crippen LogP contribution < -0.4 is 19.7 Å². The number of amides is 1. The molecule has 2 aromatic rings. The van der Waals surface area contributed by atoms with Gasteiger partial charge < -0.3 is 19.7 Å². The second-order valence-corrected chi connectivity index (χ2v) is 9.39. The number of hydrogen-bond donors (Lipinski definition) is 1. The average Bonchev–Trinajstić information content (AvgIpc) is 3.00. The van der Waals surface area contributed by atoms with Gasteiger partial charge in [-0.3, -0.25) is 4.79 Å². The topological polar surface area (TPSA) is 50.8 Å². The molecule has 2 aliphatic rings. The van der Waals surface area contributed by atoms with E-state index in [9.17, 15) is 4.79 Å². The third kappa shape index (κ3) is 4.21. The van der Waals surface area contributed by atoms with E-state index in [1.165, 1.54) is 17.7 Å². The van der Waals surface area contributed by atoms with Crippen molar-refractivity contribution in [2.45, 2.75) is 64.5 Å². The fraction of sp³-hybridized carbons (Fsp3) is 0.464. The van der Waals surface area contributed by atoms with Gasteiger partial charge in [-0.15, -0.1) is 0 Å². The van der Waals surface area contributed by atoms with Gasteiger partial charge in [-0.2, -0.15) is 0 Å². The number of nitrogens with one attached hydrogen (secondary N) is 1. The third-order valence-electron chi connectivity index (χ3n) is 6.93. The Kier molecular flexibility index (Phi) is 6.68. The number of carbonyl (C=O) groups is 1. The maximum Gasteiger partial charge on any atom is 0.223 e. The molecule has 0 radical (unpaired) electrons. The van der Waals surface area contributed by atoms with Crippen molar-refractivity contribution in [1.29, 1.82) is 0 Å². The lowest BCUT2D eigenvalue weighted by molar-refractivity contribution is -0.124. The fourth-order valence-corrected chi connectivity index (χ4v) is 5.09. The molecule has 2 aromatic carbocycles. The summed E-state index contributed by atoms with van der Waals surface area (Å²) in [5.41, 5.74) is 2.55. The van der Waals surface area contributed by atoms with Crippen molar-refractivity contribution in [2.24, 2.45) is 0 Å². The normalized spacial score (nSPS) is 21.0. The van der Waals surface area contributed by atoms with E-state index in [1.54, 1.807) is 0 Å². The number of para-hydroxylation sites is 1. The van der Waals surface area contributed by atoms with E-state index in [0.29, 0.717) is 26.2 Å². The predicted molar refractivity (Wildman–Crippen MR) is 134 cm³/mol. The summed E-state index contributed by atoms with van der Waals surface area (Å²) in [6, 6.07) is 14.5. The minimum Gasteiger partial charge on any atom is -0.490 e. The Labute approximate surface area is 197 Å². The quantitative estimate of drug-likeness (QED) is 0.501. The zero-order chi connectivity index (χ0) is 23.5. The number of nitrogens with zero attached hydrogens (tertiary/aromatic N) is 1. The molecule has 176 valence electrons. The van der Waals surface area contributed by atoms with Crippen molar-refractivity contribution in [1.82, 2.24) is 5.32 Å². The van der Waals surface area contributed by atoms with Crippen molar-refractivity contribution in [3.63, 3.8) is 0 Å². The summed E-state index contributed by atoms with van der Waals surface area (Å²) in [7, 11) is 0. The second kappa shape index (κ2) is 9.50. The molecule has 2 heterocycles. The molecule has 1 saturated heterocycles. The Hall–Kier alpha value is -2.95. The van der Waals surface area contributed by atoms with Crippen molar-refractivity contribution < 1.29 is 14.3 Å². The minimum absolute atomic E-state index is 0.0858. The maximum atomic E-state index is 12.6. The van der Waals surface area contributed by atoms with Gasteiger partial charge >= 0.3 is 0 Å². The van der Waals surface area contributed by atoms with Crippen LogP contribution in [-0.2, 0) is 10.2 Å². The molecular weight excluding hydrogens is 412 g/mol. The van der Waals surface area contributed by atoms with Crippen LogP contribution in [-0.4, -0.2) is 31.3 Å². The number of hydrogen-bond acceptors (Lipinski definition) is 4. The SMILES string of the molecule is CCCCCOc1ccc(/C=C/C23NC(=O)CCN2c2ccccc2C3(C)C)cc1OCC. The molecule has 1 N–H and O–H groups in total. The van der Waals surface area contributed by atoms with E-state index < -0.39 is 5.66 Å². The number of unbranched alkanes of at least 4 members (excludes halogenated alkanes) is 2. The van der Waals surface area contributed by atoms with E-state index in [4.69, 9.17) is 9.47 Å². The Morgan fingerprint density at radius 3 is 2.67 bits per heavy atom. The minimum atomic E-state index is -0.618. The molecular formula is C28H36N2O3. The van der Waals surface area contributed by atoms with Crippen LogP contribution in [0.15, 0.2) is 48.5 Å². The summed E-state index contributed by atoms with van der Waals surface area (Å²) < 4.78 is 11.9. The first-order chi connectivity index (χ1) is 15.9. The zero-order valence-corrected chi connectivity index (χ0v) is 20.3. The Balaban J connectivity index is 1.65. The lowest BCUT2D eigenvalue weighted by Crippen LogP contribution is -2.68. The number of ether oxygens (including phenoxy) is 2. The molecule has 0 spiro atoms. The van der Waals surface area contributed by atoms with E-state index in [1.807, 2.05) is 19.1 Å². The molecule has 1 atom stereocenters. The lowest BCUT2D eigenvalue weighted by atomic mass is 9.74. The van der Waals surface area contributed by atoms with Crippen molar-refractivity contribution >= 4 is 17.7 Å². The van der Waals surface area contributed by atoms with Crippen LogP contribution in [0.25, 0.3) is 6.08 Å². The fourth-order valence-electron chi connectivity index (χ4n) is 5.09. The highest BCUT2D eigenvalue weighted by atomic mass is 16.5. The molecule has 0 bridgehead atoms. The number of rotatable bonds is 9. The summed E-state index contributed by atoms with van der Waals surface area (Å²) in [6.45, 7) is 10.6. The molecule has 1 amide bonds. The molecule has 33 heavy (non-hydrogen) atoms. The average molecular weight is 449 g/mol. The number of fused-ring (bicyclic) bond motifs is 3. The van der Waals surface area contributed by atoms with Crippen LogP contribution in [0.3, 0.4) is 0 Å². The predicted octanol–water partition coefficient (Wildman–Crippen LogP) is 5.68. The van der Waals surface area contributed by atoms with Gasteiger partial charge in [-0.05, 0) is 48.7 Å². The van der Waals surface area contributed by atoms with Gasteiger partial charge in [0.25, 0.3) is 0 Å². The molecule has 1 unspecified atom stereocenters. The van der Waals surface area contributed by atoms with E-state index in [0.717, 1.165) is 29.9 Å². The Morgan fingerprint density at radius 2 is 1.88 bits per heavy atom. The van der Waals surface area contributed by atoms with Gasteiger partial charge in [0.2, 0.25) is 5.91 Å². The molecule has 0 aromatic heterocycles. The van der Waals surface area contributed by atoms with Gasteiger partial charge in [0.05, 0.1) is 13.2 Å². The van der Waals surface area contributed by atoms with Crippen LogP contribution in [0.2, 0.25) is 0 Å². The van der Waals surface area contributed by atoms with Gasteiger partial charge in [-0.1, -0.05) is 64.0 Å². The summed E-state index contributed by atoms with van der Waals surface area (Å²) in [5.74, 6) is 1.62. The lowest BCUT2D eigenvalue weighted by Gasteiger charge is -2.49.